The zero-order valence-electron chi connectivity index (χ0n) is 13.9. The van der Waals surface area contributed by atoms with Crippen LogP contribution in [0.4, 0.5) is 5.00 Å². The molecule has 0 saturated carbocycles. The van der Waals surface area contributed by atoms with Gasteiger partial charge in [0.25, 0.3) is 11.8 Å². The van der Waals surface area contributed by atoms with E-state index in [1.165, 1.54) is 4.88 Å². The van der Waals surface area contributed by atoms with Crippen LogP contribution in [0.5, 0.6) is 0 Å². The number of nitrogens with one attached hydrogen (secondary N) is 2. The fourth-order valence-electron chi connectivity index (χ4n) is 2.99. The molecule has 5 heteroatoms. The average molecular weight is 342 g/mol. The first-order valence-electron chi connectivity index (χ1n) is 8.49. The number of carbonyl (C=O) groups is 2. The molecule has 4 nitrogen and oxygen atoms in total. The van der Waals surface area contributed by atoms with Crippen LogP contribution in [0.3, 0.4) is 0 Å². The molecule has 2 aromatic rings. The van der Waals surface area contributed by atoms with Crippen LogP contribution in [0, 0.1) is 0 Å². The Morgan fingerprint density at radius 2 is 1.83 bits per heavy atom. The molecular formula is C19H22N2O2S. The topological polar surface area (TPSA) is 58.2 Å². The van der Waals surface area contributed by atoms with Gasteiger partial charge in [-0.3, -0.25) is 9.59 Å². The third-order valence-corrected chi connectivity index (χ3v) is 5.40. The number of rotatable bonds is 5. The summed E-state index contributed by atoms with van der Waals surface area (Å²) in [5.74, 6) is -0.238. The van der Waals surface area contributed by atoms with Gasteiger partial charge in [-0.1, -0.05) is 25.1 Å². The van der Waals surface area contributed by atoms with E-state index in [1.807, 2.05) is 25.1 Å². The molecule has 3 rings (SSSR count). The molecule has 0 bridgehead atoms. The van der Waals surface area contributed by atoms with Crippen molar-refractivity contribution >= 4 is 28.2 Å². The summed E-state index contributed by atoms with van der Waals surface area (Å²) < 4.78 is 0. The van der Waals surface area contributed by atoms with Gasteiger partial charge in [0.1, 0.15) is 5.00 Å². The lowest BCUT2D eigenvalue weighted by molar-refractivity contribution is 0.0954. The van der Waals surface area contributed by atoms with Crippen molar-refractivity contribution in [2.45, 2.75) is 39.0 Å². The van der Waals surface area contributed by atoms with E-state index in [0.717, 1.165) is 37.7 Å². The molecule has 0 fully saturated rings. The molecule has 0 atom stereocenters. The van der Waals surface area contributed by atoms with Gasteiger partial charge >= 0.3 is 0 Å². The lowest BCUT2D eigenvalue weighted by Crippen LogP contribution is -2.26. The quantitative estimate of drug-likeness (QED) is 0.862. The van der Waals surface area contributed by atoms with Gasteiger partial charge < -0.3 is 10.6 Å². The molecular weight excluding hydrogens is 320 g/mol. The summed E-state index contributed by atoms with van der Waals surface area (Å²) >= 11 is 1.55. The van der Waals surface area contributed by atoms with E-state index in [0.29, 0.717) is 22.7 Å². The largest absolute Gasteiger partial charge is 0.352 e. The van der Waals surface area contributed by atoms with Crippen molar-refractivity contribution in [3.63, 3.8) is 0 Å². The van der Waals surface area contributed by atoms with Gasteiger partial charge in [-0.15, -0.1) is 11.3 Å². The van der Waals surface area contributed by atoms with Crippen molar-refractivity contribution in [2.75, 3.05) is 11.9 Å². The van der Waals surface area contributed by atoms with Crippen LogP contribution in [0.25, 0.3) is 0 Å². The molecule has 1 aromatic carbocycles. The number of fused-ring (bicyclic) bond motifs is 1. The van der Waals surface area contributed by atoms with Gasteiger partial charge in [-0.25, -0.2) is 0 Å². The summed E-state index contributed by atoms with van der Waals surface area (Å²) in [6.07, 6.45) is 5.06. The number of hydrogen-bond donors (Lipinski definition) is 2. The monoisotopic (exact) mass is 342 g/mol. The maximum atomic E-state index is 12.6. The molecule has 0 unspecified atom stereocenters. The van der Waals surface area contributed by atoms with E-state index >= 15 is 0 Å². The Morgan fingerprint density at radius 1 is 1.08 bits per heavy atom. The van der Waals surface area contributed by atoms with Crippen molar-refractivity contribution in [2.24, 2.45) is 0 Å². The molecule has 1 aromatic heterocycles. The number of aryl methyl sites for hydroxylation is 1. The zero-order chi connectivity index (χ0) is 16.9. The Balaban J connectivity index is 1.90. The summed E-state index contributed by atoms with van der Waals surface area (Å²) in [5, 5.41) is 6.60. The highest BCUT2D eigenvalue weighted by atomic mass is 32.1. The lowest BCUT2D eigenvalue weighted by Gasteiger charge is -2.13. The molecule has 2 amide bonds. The van der Waals surface area contributed by atoms with Gasteiger partial charge in [-0.05, 0) is 49.8 Å². The van der Waals surface area contributed by atoms with E-state index in [4.69, 9.17) is 0 Å². The maximum absolute atomic E-state index is 12.6. The standard InChI is InChI=1S/C19H22N2O2S/c1-2-12-20-18(23)16-14-10-6-7-11-15(14)24-19(16)21-17(22)13-8-4-3-5-9-13/h3-5,8-9H,2,6-7,10-12H2,1H3,(H,20,23)(H,21,22). The Kier molecular flexibility index (Phi) is 5.30. The van der Waals surface area contributed by atoms with E-state index in [9.17, 15) is 9.59 Å². The van der Waals surface area contributed by atoms with Gasteiger partial charge in [0.05, 0.1) is 5.56 Å². The number of benzene rings is 1. The number of hydrogen-bond acceptors (Lipinski definition) is 3. The fourth-order valence-corrected chi connectivity index (χ4v) is 4.27. The van der Waals surface area contributed by atoms with Crippen molar-refractivity contribution in [1.29, 1.82) is 0 Å². The second-order valence-electron chi connectivity index (χ2n) is 5.99. The van der Waals surface area contributed by atoms with Crippen LogP contribution in [0.1, 0.15) is 57.3 Å². The number of amides is 2. The molecule has 2 N–H and O–H groups in total. The highest BCUT2D eigenvalue weighted by Gasteiger charge is 2.26. The third kappa shape index (κ3) is 3.51. The molecule has 0 spiro atoms. The minimum Gasteiger partial charge on any atom is -0.352 e. The first-order valence-corrected chi connectivity index (χ1v) is 9.31. The molecule has 1 aliphatic carbocycles. The van der Waals surface area contributed by atoms with E-state index in [1.54, 1.807) is 23.5 Å². The van der Waals surface area contributed by atoms with Gasteiger partial charge in [0, 0.05) is 17.0 Å². The van der Waals surface area contributed by atoms with E-state index < -0.39 is 0 Å². The maximum Gasteiger partial charge on any atom is 0.256 e. The molecule has 1 heterocycles. The van der Waals surface area contributed by atoms with Crippen LogP contribution < -0.4 is 10.6 Å². The Bertz CT molecular complexity index is 737. The minimum absolute atomic E-state index is 0.0698. The average Bonchev–Trinajstić information content (AvgIpc) is 2.98. The smallest absolute Gasteiger partial charge is 0.256 e. The molecule has 126 valence electrons. The van der Waals surface area contributed by atoms with Crippen LogP contribution in [-0.2, 0) is 12.8 Å². The first kappa shape index (κ1) is 16.7. The normalized spacial score (nSPS) is 13.2. The Labute approximate surface area is 146 Å². The summed E-state index contributed by atoms with van der Waals surface area (Å²) in [6, 6.07) is 9.11. The van der Waals surface area contributed by atoms with Crippen molar-refractivity contribution in [3.05, 3.63) is 51.9 Å². The van der Waals surface area contributed by atoms with Crippen molar-refractivity contribution in [1.82, 2.24) is 5.32 Å². The highest BCUT2D eigenvalue weighted by molar-refractivity contribution is 7.17. The summed E-state index contributed by atoms with van der Waals surface area (Å²) in [6.45, 7) is 2.68. The van der Waals surface area contributed by atoms with Crippen LogP contribution >= 0.6 is 11.3 Å². The summed E-state index contributed by atoms with van der Waals surface area (Å²) in [7, 11) is 0. The first-order chi connectivity index (χ1) is 11.7. The summed E-state index contributed by atoms with van der Waals surface area (Å²) in [4.78, 5) is 26.3. The zero-order valence-corrected chi connectivity index (χ0v) is 14.7. The predicted octanol–water partition coefficient (Wildman–Crippen LogP) is 4.02. The van der Waals surface area contributed by atoms with Crippen molar-refractivity contribution < 1.29 is 9.59 Å². The minimum atomic E-state index is -0.168. The van der Waals surface area contributed by atoms with Gasteiger partial charge in [-0.2, -0.15) is 0 Å². The van der Waals surface area contributed by atoms with Crippen LogP contribution in [-0.4, -0.2) is 18.4 Å². The SMILES string of the molecule is CCCNC(=O)c1c(NC(=O)c2ccccc2)sc2c1CCCC2. The molecule has 24 heavy (non-hydrogen) atoms. The number of anilines is 1. The number of carbonyl (C=O) groups excluding carboxylic acids is 2. The molecule has 0 aliphatic heterocycles. The van der Waals surface area contributed by atoms with E-state index in [-0.39, 0.29) is 11.8 Å². The van der Waals surface area contributed by atoms with Crippen molar-refractivity contribution in [3.8, 4) is 0 Å². The Hall–Kier alpha value is -2.14. The number of thiophene rings is 1. The third-order valence-electron chi connectivity index (χ3n) is 4.20. The summed E-state index contributed by atoms with van der Waals surface area (Å²) in [5.41, 5.74) is 2.40. The highest BCUT2D eigenvalue weighted by Crippen LogP contribution is 2.38. The molecule has 0 saturated heterocycles. The fraction of sp³-hybridized carbons (Fsp3) is 0.368. The van der Waals surface area contributed by atoms with Gasteiger partial charge in [0.2, 0.25) is 0 Å². The lowest BCUT2D eigenvalue weighted by atomic mass is 9.95. The second-order valence-corrected chi connectivity index (χ2v) is 7.10. The molecule has 1 aliphatic rings. The Morgan fingerprint density at radius 3 is 2.58 bits per heavy atom. The van der Waals surface area contributed by atoms with E-state index in [2.05, 4.69) is 10.6 Å². The van der Waals surface area contributed by atoms with Crippen LogP contribution in [0.2, 0.25) is 0 Å². The van der Waals surface area contributed by atoms with Gasteiger partial charge in [0.15, 0.2) is 0 Å². The predicted molar refractivity (Wildman–Crippen MR) is 98.0 cm³/mol. The second kappa shape index (κ2) is 7.62. The molecule has 0 radical (unpaired) electrons. The van der Waals surface area contributed by atoms with Crippen LogP contribution in [0.15, 0.2) is 30.3 Å².